The number of carbonyl (C=O) groups excluding carboxylic acids is 3. The number of nitrogens with zero attached hydrogens (tertiary/aromatic N) is 2. The van der Waals surface area contributed by atoms with Crippen molar-refractivity contribution in [1.82, 2.24) is 20.4 Å². The predicted octanol–water partition coefficient (Wildman–Crippen LogP) is 0.870. The fourth-order valence-electron chi connectivity index (χ4n) is 4.59. The molecule has 8 heteroatoms. The van der Waals surface area contributed by atoms with E-state index in [-0.39, 0.29) is 42.7 Å². The van der Waals surface area contributed by atoms with E-state index in [2.05, 4.69) is 10.6 Å². The summed E-state index contributed by atoms with van der Waals surface area (Å²) in [6, 6.07) is 0.770. The summed E-state index contributed by atoms with van der Waals surface area (Å²) < 4.78 is 0. The van der Waals surface area contributed by atoms with Crippen molar-refractivity contribution in [2.75, 3.05) is 13.6 Å². The molecule has 0 aromatic heterocycles. The number of piperidine rings is 1. The maximum absolute atomic E-state index is 12.7. The molecular weight excluding hydrogens is 344 g/mol. The van der Waals surface area contributed by atoms with Crippen LogP contribution in [0.5, 0.6) is 0 Å². The summed E-state index contributed by atoms with van der Waals surface area (Å²) in [5.41, 5.74) is -0.816. The van der Waals surface area contributed by atoms with E-state index in [0.29, 0.717) is 12.1 Å². The van der Waals surface area contributed by atoms with Crippen LogP contribution in [0.2, 0.25) is 0 Å². The number of rotatable bonds is 4. The summed E-state index contributed by atoms with van der Waals surface area (Å²) in [5, 5.41) is 6.36. The molecule has 0 aromatic carbocycles. The van der Waals surface area contributed by atoms with Crippen LogP contribution in [-0.2, 0) is 9.59 Å². The Kier molecular flexibility index (Phi) is 4.75. The van der Waals surface area contributed by atoms with Crippen molar-refractivity contribution >= 4 is 30.3 Å². The van der Waals surface area contributed by atoms with E-state index >= 15 is 0 Å². The lowest BCUT2D eigenvalue weighted by Crippen LogP contribution is -2.51. The average molecular weight is 371 g/mol. The van der Waals surface area contributed by atoms with Crippen LogP contribution in [-0.4, -0.2) is 64.9 Å². The second kappa shape index (κ2) is 6.43. The Morgan fingerprint density at radius 2 is 1.80 bits per heavy atom. The molecule has 4 rings (SSSR count). The lowest BCUT2D eigenvalue weighted by molar-refractivity contribution is -0.139. The average Bonchev–Trinajstić information content (AvgIpc) is 3.33. The number of nitrogens with one attached hydrogen (secondary N) is 2. The van der Waals surface area contributed by atoms with Gasteiger partial charge in [0.25, 0.3) is 5.91 Å². The zero-order valence-electron chi connectivity index (χ0n) is 14.8. The zero-order valence-corrected chi connectivity index (χ0v) is 15.6. The number of hydrogen-bond acceptors (Lipinski definition) is 4. The minimum atomic E-state index is -0.816. The third-order valence-corrected chi connectivity index (χ3v) is 6.38. The SMILES string of the molecule is CN(C(=O)CN1C(=O)NC(C)(C2CC2)C1=O)C1CC2CCC(C1)N2.Cl. The molecule has 25 heavy (non-hydrogen) atoms. The van der Waals surface area contributed by atoms with Gasteiger partial charge in [0.1, 0.15) is 12.1 Å². The number of carbonyl (C=O) groups is 3. The monoisotopic (exact) mass is 370 g/mol. The molecule has 3 atom stereocenters. The third-order valence-electron chi connectivity index (χ3n) is 6.38. The molecule has 3 saturated heterocycles. The number of hydrogen-bond donors (Lipinski definition) is 2. The maximum atomic E-state index is 12.7. The number of likely N-dealkylation sites (N-methyl/N-ethyl adjacent to an activating group) is 1. The predicted molar refractivity (Wildman–Crippen MR) is 94.4 cm³/mol. The van der Waals surface area contributed by atoms with Gasteiger partial charge in [0.15, 0.2) is 0 Å². The fourth-order valence-corrected chi connectivity index (χ4v) is 4.59. The van der Waals surface area contributed by atoms with E-state index in [1.54, 1.807) is 18.9 Å². The van der Waals surface area contributed by atoms with Gasteiger partial charge >= 0.3 is 6.03 Å². The van der Waals surface area contributed by atoms with E-state index in [0.717, 1.165) is 30.6 Å². The summed E-state index contributed by atoms with van der Waals surface area (Å²) in [7, 11) is 1.80. The number of fused-ring (bicyclic) bond motifs is 2. The van der Waals surface area contributed by atoms with Crippen LogP contribution in [0.1, 0.15) is 45.4 Å². The summed E-state index contributed by atoms with van der Waals surface area (Å²) >= 11 is 0. The maximum Gasteiger partial charge on any atom is 0.325 e. The van der Waals surface area contributed by atoms with Crippen LogP contribution in [0.3, 0.4) is 0 Å². The molecule has 1 saturated carbocycles. The first-order chi connectivity index (χ1) is 11.4. The van der Waals surface area contributed by atoms with Gasteiger partial charge in [-0.15, -0.1) is 12.4 Å². The molecule has 4 amide bonds. The summed E-state index contributed by atoms with van der Waals surface area (Å²) in [4.78, 5) is 40.3. The highest BCUT2D eigenvalue weighted by molar-refractivity contribution is 6.09. The Bertz CT molecular complexity index is 584. The molecule has 0 radical (unpaired) electrons. The van der Waals surface area contributed by atoms with Crippen molar-refractivity contribution in [2.45, 2.75) is 69.1 Å². The standard InChI is InChI=1S/C17H26N4O3.ClH/c1-17(10-3-4-10)15(23)21(16(24)19-17)9-14(22)20(2)13-7-11-5-6-12(8-13)18-11;/h10-13,18H,3-9H2,1-2H3,(H,19,24);1H. The van der Waals surface area contributed by atoms with E-state index in [1.165, 1.54) is 12.8 Å². The molecule has 3 heterocycles. The molecule has 0 aromatic rings. The van der Waals surface area contributed by atoms with Gasteiger partial charge in [-0.3, -0.25) is 14.5 Å². The Labute approximate surface area is 154 Å². The van der Waals surface area contributed by atoms with Gasteiger partial charge < -0.3 is 15.5 Å². The molecule has 0 spiro atoms. The number of halogens is 1. The molecule has 7 nitrogen and oxygen atoms in total. The number of imide groups is 1. The van der Waals surface area contributed by atoms with E-state index < -0.39 is 11.6 Å². The van der Waals surface area contributed by atoms with Crippen molar-refractivity contribution in [3.05, 3.63) is 0 Å². The van der Waals surface area contributed by atoms with Crippen LogP contribution in [0.15, 0.2) is 0 Å². The van der Waals surface area contributed by atoms with Crippen molar-refractivity contribution in [3.8, 4) is 0 Å². The minimum absolute atomic E-state index is 0. The molecule has 3 aliphatic heterocycles. The highest BCUT2D eigenvalue weighted by Gasteiger charge is 2.56. The van der Waals surface area contributed by atoms with Crippen LogP contribution in [0.25, 0.3) is 0 Å². The number of amides is 4. The summed E-state index contributed by atoms with van der Waals surface area (Å²) in [5.74, 6) is -0.182. The first-order valence-electron chi connectivity index (χ1n) is 9.04. The van der Waals surface area contributed by atoms with Crippen molar-refractivity contribution in [2.24, 2.45) is 5.92 Å². The Morgan fingerprint density at radius 1 is 1.20 bits per heavy atom. The van der Waals surface area contributed by atoms with Gasteiger partial charge in [-0.05, 0) is 51.4 Å². The summed E-state index contributed by atoms with van der Waals surface area (Å²) in [6.45, 7) is 1.63. The lowest BCUT2D eigenvalue weighted by atomic mass is 9.96. The minimum Gasteiger partial charge on any atom is -0.341 e. The zero-order chi connectivity index (χ0) is 17.1. The molecule has 140 valence electrons. The van der Waals surface area contributed by atoms with Crippen molar-refractivity contribution in [1.29, 1.82) is 0 Å². The first-order valence-corrected chi connectivity index (χ1v) is 9.04. The normalized spacial score (nSPS) is 36.9. The van der Waals surface area contributed by atoms with Gasteiger partial charge in [0.2, 0.25) is 5.91 Å². The van der Waals surface area contributed by atoms with Crippen LogP contribution < -0.4 is 10.6 Å². The fraction of sp³-hybridized carbons (Fsp3) is 0.824. The Hall–Kier alpha value is -1.34. The Morgan fingerprint density at radius 3 is 2.36 bits per heavy atom. The largest absolute Gasteiger partial charge is 0.341 e. The van der Waals surface area contributed by atoms with Gasteiger partial charge in [-0.25, -0.2) is 4.79 Å². The van der Waals surface area contributed by atoms with Crippen LogP contribution in [0.4, 0.5) is 4.79 Å². The first kappa shape index (κ1) is 18.5. The molecular formula is C17H27ClN4O3. The molecule has 4 fully saturated rings. The highest BCUT2D eigenvalue weighted by Crippen LogP contribution is 2.42. The lowest BCUT2D eigenvalue weighted by Gasteiger charge is -2.36. The molecule has 2 N–H and O–H groups in total. The topological polar surface area (TPSA) is 81.8 Å². The van der Waals surface area contributed by atoms with Gasteiger partial charge in [-0.2, -0.15) is 0 Å². The highest BCUT2D eigenvalue weighted by atomic mass is 35.5. The second-order valence-electron chi connectivity index (χ2n) is 8.07. The van der Waals surface area contributed by atoms with Crippen molar-refractivity contribution < 1.29 is 14.4 Å². The number of urea groups is 1. The second-order valence-corrected chi connectivity index (χ2v) is 8.07. The third kappa shape index (κ3) is 3.12. The quantitative estimate of drug-likeness (QED) is 0.719. The Balaban J connectivity index is 0.00000182. The molecule has 4 aliphatic rings. The van der Waals surface area contributed by atoms with E-state index in [9.17, 15) is 14.4 Å². The van der Waals surface area contributed by atoms with Gasteiger partial charge in [0.05, 0.1) is 0 Å². The van der Waals surface area contributed by atoms with Gasteiger partial charge in [-0.1, -0.05) is 0 Å². The summed E-state index contributed by atoms with van der Waals surface area (Å²) in [6.07, 6.45) is 6.19. The molecule has 2 bridgehead atoms. The smallest absolute Gasteiger partial charge is 0.325 e. The molecule has 3 unspecified atom stereocenters. The van der Waals surface area contributed by atoms with E-state index in [1.807, 2.05) is 0 Å². The van der Waals surface area contributed by atoms with Crippen molar-refractivity contribution in [3.63, 3.8) is 0 Å². The van der Waals surface area contributed by atoms with Gasteiger partial charge in [0, 0.05) is 25.2 Å². The van der Waals surface area contributed by atoms with Crippen LogP contribution >= 0.6 is 12.4 Å². The van der Waals surface area contributed by atoms with E-state index in [4.69, 9.17) is 0 Å². The molecule has 1 aliphatic carbocycles. The van der Waals surface area contributed by atoms with Crippen LogP contribution in [0, 0.1) is 5.92 Å².